The zero-order valence-corrected chi connectivity index (χ0v) is 16.1. The van der Waals surface area contributed by atoms with Crippen molar-refractivity contribution in [2.45, 2.75) is 26.2 Å². The zero-order valence-electron chi connectivity index (χ0n) is 16.1. The standard InChI is InChI=1S/C21H25BN2O4/c1-4-21(26)24(18-8-6-5-7-9-18)14-20(25)23-19(22(27)28)13-17-11-10-15(2)12-16(17)3/h4-12,19,27-28H,1,13-14H2,2-3H3,(H,23,25). The van der Waals surface area contributed by atoms with Crippen LogP contribution in [0.3, 0.4) is 0 Å². The number of nitrogens with zero attached hydrogens (tertiary/aromatic N) is 1. The first-order chi connectivity index (χ1) is 13.3. The van der Waals surface area contributed by atoms with Gasteiger partial charge in [-0.15, -0.1) is 0 Å². The van der Waals surface area contributed by atoms with Gasteiger partial charge in [-0.25, -0.2) is 0 Å². The molecule has 7 heteroatoms. The highest BCUT2D eigenvalue weighted by Crippen LogP contribution is 2.15. The summed E-state index contributed by atoms with van der Waals surface area (Å²) in [5.74, 6) is -1.82. The van der Waals surface area contributed by atoms with E-state index < -0.39 is 24.9 Å². The molecule has 2 rings (SSSR count). The van der Waals surface area contributed by atoms with Crippen LogP contribution in [0.5, 0.6) is 0 Å². The highest BCUT2D eigenvalue weighted by Gasteiger charge is 2.27. The van der Waals surface area contributed by atoms with Crippen LogP contribution in [0.2, 0.25) is 0 Å². The summed E-state index contributed by atoms with van der Waals surface area (Å²) in [5.41, 5.74) is 3.57. The van der Waals surface area contributed by atoms with Crippen LogP contribution in [0.15, 0.2) is 61.2 Å². The topological polar surface area (TPSA) is 89.9 Å². The van der Waals surface area contributed by atoms with Crippen LogP contribution >= 0.6 is 0 Å². The van der Waals surface area contributed by atoms with Gasteiger partial charge in [0.25, 0.3) is 5.91 Å². The third-order valence-electron chi connectivity index (χ3n) is 4.45. The number of carbonyl (C=O) groups excluding carboxylic acids is 2. The first-order valence-electron chi connectivity index (χ1n) is 9.02. The molecule has 0 aliphatic rings. The maximum atomic E-state index is 12.5. The quantitative estimate of drug-likeness (QED) is 0.479. The molecule has 146 valence electrons. The van der Waals surface area contributed by atoms with Crippen LogP contribution in [-0.2, 0) is 16.0 Å². The van der Waals surface area contributed by atoms with E-state index in [1.165, 1.54) is 4.90 Å². The summed E-state index contributed by atoms with van der Waals surface area (Å²) in [6.45, 7) is 7.13. The van der Waals surface area contributed by atoms with Crippen molar-refractivity contribution in [3.8, 4) is 0 Å². The molecule has 3 N–H and O–H groups in total. The fourth-order valence-corrected chi connectivity index (χ4v) is 2.95. The molecule has 0 saturated heterocycles. The summed E-state index contributed by atoms with van der Waals surface area (Å²) in [6, 6.07) is 14.6. The predicted octanol–water partition coefficient (Wildman–Crippen LogP) is 1.56. The van der Waals surface area contributed by atoms with Gasteiger partial charge in [0.2, 0.25) is 5.91 Å². The summed E-state index contributed by atoms with van der Waals surface area (Å²) < 4.78 is 0. The van der Waals surface area contributed by atoms with E-state index in [2.05, 4.69) is 11.9 Å². The number of carbonyl (C=O) groups is 2. The minimum absolute atomic E-state index is 0.259. The SMILES string of the molecule is C=CC(=O)N(CC(=O)NC(Cc1ccc(C)cc1C)B(O)O)c1ccccc1. The molecule has 0 heterocycles. The van der Waals surface area contributed by atoms with Crippen molar-refractivity contribution in [1.29, 1.82) is 0 Å². The Balaban J connectivity index is 2.12. The van der Waals surface area contributed by atoms with E-state index in [4.69, 9.17) is 0 Å². The minimum atomic E-state index is -1.73. The smallest absolute Gasteiger partial charge is 0.426 e. The Morgan fingerprint density at radius 2 is 1.86 bits per heavy atom. The first-order valence-corrected chi connectivity index (χ1v) is 9.02. The van der Waals surface area contributed by atoms with E-state index in [9.17, 15) is 19.6 Å². The molecule has 0 aromatic heterocycles. The number of anilines is 1. The van der Waals surface area contributed by atoms with Crippen molar-refractivity contribution < 1.29 is 19.6 Å². The third kappa shape index (κ3) is 5.80. The first kappa shape index (κ1) is 21.4. The molecular formula is C21H25BN2O4. The number of amides is 2. The van der Waals surface area contributed by atoms with Crippen LogP contribution in [-0.4, -0.2) is 41.5 Å². The number of aryl methyl sites for hydroxylation is 2. The molecule has 6 nitrogen and oxygen atoms in total. The lowest BCUT2D eigenvalue weighted by molar-refractivity contribution is -0.122. The van der Waals surface area contributed by atoms with E-state index >= 15 is 0 Å². The average molecular weight is 380 g/mol. The molecule has 2 amide bonds. The molecule has 1 unspecified atom stereocenters. The fourth-order valence-electron chi connectivity index (χ4n) is 2.95. The lowest BCUT2D eigenvalue weighted by Gasteiger charge is -2.24. The second-order valence-electron chi connectivity index (χ2n) is 6.69. The van der Waals surface area contributed by atoms with Crippen molar-refractivity contribution in [2.75, 3.05) is 11.4 Å². The summed E-state index contributed by atoms with van der Waals surface area (Å²) >= 11 is 0. The third-order valence-corrected chi connectivity index (χ3v) is 4.45. The molecule has 0 aliphatic carbocycles. The van der Waals surface area contributed by atoms with Crippen LogP contribution < -0.4 is 10.2 Å². The minimum Gasteiger partial charge on any atom is -0.426 e. The summed E-state index contributed by atoms with van der Waals surface area (Å²) in [6.07, 6.45) is 1.39. The van der Waals surface area contributed by atoms with Gasteiger partial charge in [0.05, 0.1) is 5.94 Å². The van der Waals surface area contributed by atoms with Gasteiger partial charge in [0, 0.05) is 5.69 Å². The number of para-hydroxylation sites is 1. The van der Waals surface area contributed by atoms with E-state index in [1.54, 1.807) is 24.3 Å². The van der Waals surface area contributed by atoms with Gasteiger partial charge in [-0.2, -0.15) is 0 Å². The van der Waals surface area contributed by atoms with Crippen molar-refractivity contribution >= 4 is 24.6 Å². The largest absolute Gasteiger partial charge is 0.475 e. The highest BCUT2D eigenvalue weighted by atomic mass is 16.4. The van der Waals surface area contributed by atoms with Crippen LogP contribution in [0.1, 0.15) is 16.7 Å². The normalized spacial score (nSPS) is 11.4. The van der Waals surface area contributed by atoms with Crippen LogP contribution in [0, 0.1) is 13.8 Å². The highest BCUT2D eigenvalue weighted by molar-refractivity contribution is 6.43. The molecule has 0 radical (unpaired) electrons. The molecule has 0 fully saturated rings. The molecule has 28 heavy (non-hydrogen) atoms. The molecule has 0 saturated carbocycles. The molecule has 0 bridgehead atoms. The average Bonchev–Trinajstić information content (AvgIpc) is 2.67. The number of hydrogen-bond donors (Lipinski definition) is 3. The van der Waals surface area contributed by atoms with Gasteiger partial charge < -0.3 is 15.4 Å². The van der Waals surface area contributed by atoms with Crippen molar-refractivity contribution in [1.82, 2.24) is 5.32 Å². The maximum absolute atomic E-state index is 12.5. The van der Waals surface area contributed by atoms with Gasteiger partial charge in [-0.1, -0.05) is 48.5 Å². The zero-order chi connectivity index (χ0) is 20.7. The number of benzene rings is 2. The summed E-state index contributed by atoms with van der Waals surface area (Å²) in [7, 11) is -1.73. The monoisotopic (exact) mass is 380 g/mol. The molecule has 2 aromatic carbocycles. The van der Waals surface area contributed by atoms with Gasteiger partial charge in [0.15, 0.2) is 0 Å². The van der Waals surface area contributed by atoms with Gasteiger partial charge in [0.1, 0.15) is 6.54 Å². The second-order valence-corrected chi connectivity index (χ2v) is 6.69. The lowest BCUT2D eigenvalue weighted by Crippen LogP contribution is -2.51. The Hall–Kier alpha value is -2.90. The van der Waals surface area contributed by atoms with Gasteiger partial charge in [-0.3, -0.25) is 14.5 Å². The Bertz CT molecular complexity index is 840. The van der Waals surface area contributed by atoms with E-state index in [0.717, 1.165) is 22.8 Å². The van der Waals surface area contributed by atoms with Crippen molar-refractivity contribution in [2.24, 2.45) is 0 Å². The molecule has 2 aromatic rings. The Morgan fingerprint density at radius 1 is 1.18 bits per heavy atom. The maximum Gasteiger partial charge on any atom is 0.475 e. The van der Waals surface area contributed by atoms with E-state index in [0.29, 0.717) is 5.69 Å². The van der Waals surface area contributed by atoms with Crippen LogP contribution in [0.25, 0.3) is 0 Å². The van der Waals surface area contributed by atoms with E-state index in [-0.39, 0.29) is 13.0 Å². The van der Waals surface area contributed by atoms with Crippen molar-refractivity contribution in [3.63, 3.8) is 0 Å². The van der Waals surface area contributed by atoms with E-state index in [1.807, 2.05) is 38.1 Å². The van der Waals surface area contributed by atoms with Gasteiger partial charge >= 0.3 is 7.12 Å². The van der Waals surface area contributed by atoms with Gasteiger partial charge in [-0.05, 0) is 49.6 Å². The predicted molar refractivity (Wildman–Crippen MR) is 111 cm³/mol. The molecule has 0 aliphatic heterocycles. The summed E-state index contributed by atoms with van der Waals surface area (Å²) in [4.78, 5) is 26.0. The van der Waals surface area contributed by atoms with Crippen molar-refractivity contribution in [3.05, 3.63) is 77.9 Å². The second kappa shape index (κ2) is 9.87. The molecular weight excluding hydrogens is 355 g/mol. The number of rotatable bonds is 8. The Morgan fingerprint density at radius 3 is 2.43 bits per heavy atom. The molecule has 1 atom stereocenters. The lowest BCUT2D eigenvalue weighted by atomic mass is 9.75. The number of hydrogen-bond acceptors (Lipinski definition) is 4. The van der Waals surface area contributed by atoms with Crippen LogP contribution in [0.4, 0.5) is 5.69 Å². The number of nitrogens with one attached hydrogen (secondary N) is 1. The Kier molecular flexibility index (Phi) is 7.55. The Labute approximate surface area is 165 Å². The molecule has 0 spiro atoms. The fraction of sp³-hybridized carbons (Fsp3) is 0.238. The summed E-state index contributed by atoms with van der Waals surface area (Å²) in [5, 5.41) is 22.1.